The van der Waals surface area contributed by atoms with E-state index in [2.05, 4.69) is 20.3 Å². The second-order valence-corrected chi connectivity index (χ2v) is 6.22. The lowest BCUT2D eigenvalue weighted by Gasteiger charge is -1.95. The van der Waals surface area contributed by atoms with E-state index in [4.69, 9.17) is 9.15 Å². The maximum Gasteiger partial charge on any atom is 0.313 e. The molecule has 7 nitrogen and oxygen atoms in total. The largest absolute Gasteiger partial charge is 0.473 e. The van der Waals surface area contributed by atoms with E-state index < -0.39 is 5.91 Å². The number of thiazole rings is 2. The van der Waals surface area contributed by atoms with E-state index in [0.717, 1.165) is 20.4 Å². The lowest BCUT2D eigenvalue weighted by atomic mass is 10.3. The van der Waals surface area contributed by atoms with Crippen LogP contribution in [0.15, 0.2) is 29.0 Å². The fourth-order valence-electron chi connectivity index (χ4n) is 1.98. The molecular weight excluding hydrogens is 324 g/mol. The molecule has 22 heavy (non-hydrogen) atoms. The smallest absolute Gasteiger partial charge is 0.313 e. The Bertz CT molecular complexity index is 974. The van der Waals surface area contributed by atoms with Crippen molar-refractivity contribution in [2.45, 2.75) is 0 Å². The molecule has 1 aromatic carbocycles. The van der Waals surface area contributed by atoms with Crippen LogP contribution in [0.4, 0.5) is 5.13 Å². The van der Waals surface area contributed by atoms with Crippen molar-refractivity contribution in [2.75, 3.05) is 12.4 Å². The molecule has 0 radical (unpaired) electrons. The number of nitrogens with one attached hydrogen (secondary N) is 1. The molecule has 1 amide bonds. The van der Waals surface area contributed by atoms with Gasteiger partial charge in [-0.3, -0.25) is 10.1 Å². The maximum atomic E-state index is 11.9. The van der Waals surface area contributed by atoms with E-state index in [0.29, 0.717) is 10.3 Å². The van der Waals surface area contributed by atoms with Crippen molar-refractivity contribution in [1.82, 2.24) is 15.0 Å². The van der Waals surface area contributed by atoms with Gasteiger partial charge in [-0.2, -0.15) is 0 Å². The highest BCUT2D eigenvalue weighted by Crippen LogP contribution is 2.38. The number of carbonyl (C=O) groups excluding carboxylic acids is 1. The van der Waals surface area contributed by atoms with Crippen molar-refractivity contribution in [3.05, 3.63) is 30.5 Å². The van der Waals surface area contributed by atoms with E-state index in [1.165, 1.54) is 35.1 Å². The second kappa shape index (κ2) is 5.04. The molecule has 0 saturated heterocycles. The molecule has 0 atom stereocenters. The zero-order valence-corrected chi connectivity index (χ0v) is 12.8. The first-order chi connectivity index (χ1) is 10.7. The molecule has 0 spiro atoms. The van der Waals surface area contributed by atoms with Crippen molar-refractivity contribution in [3.63, 3.8) is 0 Å². The van der Waals surface area contributed by atoms with Crippen molar-refractivity contribution in [3.8, 4) is 5.19 Å². The second-order valence-electron chi connectivity index (χ2n) is 4.26. The summed E-state index contributed by atoms with van der Waals surface area (Å²) in [5.41, 5.74) is 1.65. The number of rotatable bonds is 3. The average molecular weight is 332 g/mol. The third-order valence-corrected chi connectivity index (χ3v) is 5.10. The molecule has 1 N–H and O–H groups in total. The molecule has 3 heterocycles. The highest BCUT2D eigenvalue weighted by Gasteiger charge is 2.16. The Kier molecular flexibility index (Phi) is 3.01. The number of nitrogens with zero attached hydrogens (tertiary/aromatic N) is 3. The normalized spacial score (nSPS) is 11.1. The number of benzene rings is 1. The Morgan fingerprint density at radius 3 is 2.73 bits per heavy atom. The van der Waals surface area contributed by atoms with E-state index in [1.54, 1.807) is 7.11 Å². The molecule has 0 aliphatic rings. The number of aromatic nitrogens is 3. The molecule has 110 valence electrons. The highest BCUT2D eigenvalue weighted by molar-refractivity contribution is 7.29. The first kappa shape index (κ1) is 13.2. The molecule has 0 aliphatic heterocycles. The number of amides is 1. The number of anilines is 1. The molecule has 0 saturated carbocycles. The minimum absolute atomic E-state index is 0.00358. The average Bonchev–Trinajstić information content (AvgIpc) is 3.24. The van der Waals surface area contributed by atoms with Gasteiger partial charge in [0.2, 0.25) is 0 Å². The van der Waals surface area contributed by atoms with Crippen LogP contribution < -0.4 is 10.1 Å². The van der Waals surface area contributed by atoms with Crippen molar-refractivity contribution in [1.29, 1.82) is 0 Å². The van der Waals surface area contributed by atoms with Crippen LogP contribution in [0, 0.1) is 0 Å². The predicted molar refractivity (Wildman–Crippen MR) is 83.8 cm³/mol. The van der Waals surface area contributed by atoms with Crippen LogP contribution in [0.3, 0.4) is 0 Å². The lowest BCUT2D eigenvalue weighted by molar-refractivity contribution is 0.0990. The van der Waals surface area contributed by atoms with Gasteiger partial charge >= 0.3 is 5.91 Å². The number of carbonyl (C=O) groups is 1. The summed E-state index contributed by atoms with van der Waals surface area (Å²) >= 11 is 2.83. The van der Waals surface area contributed by atoms with Gasteiger partial charge < -0.3 is 9.15 Å². The summed E-state index contributed by atoms with van der Waals surface area (Å²) in [6, 6.07) is 3.75. The monoisotopic (exact) mass is 332 g/mol. The number of hydrogen-bond donors (Lipinski definition) is 1. The Morgan fingerprint density at radius 1 is 1.23 bits per heavy atom. The van der Waals surface area contributed by atoms with E-state index in [9.17, 15) is 4.79 Å². The third-order valence-electron chi connectivity index (χ3n) is 2.91. The molecule has 0 fully saturated rings. The number of hydrogen-bond acceptors (Lipinski definition) is 8. The van der Waals surface area contributed by atoms with Gasteiger partial charge in [0.1, 0.15) is 6.26 Å². The van der Waals surface area contributed by atoms with Gasteiger partial charge in [-0.05, 0) is 12.1 Å². The Balaban J connectivity index is 1.75. The molecule has 0 aliphatic carbocycles. The van der Waals surface area contributed by atoms with Gasteiger partial charge in [0.05, 0.1) is 33.7 Å². The first-order valence-corrected chi connectivity index (χ1v) is 7.83. The summed E-state index contributed by atoms with van der Waals surface area (Å²) in [6.45, 7) is 0. The van der Waals surface area contributed by atoms with Crippen LogP contribution in [0.1, 0.15) is 10.7 Å². The Labute approximate surface area is 131 Å². The van der Waals surface area contributed by atoms with Crippen molar-refractivity contribution >= 4 is 54.1 Å². The minimum Gasteiger partial charge on any atom is -0.473 e. The summed E-state index contributed by atoms with van der Waals surface area (Å²) in [7, 11) is 1.59. The summed E-state index contributed by atoms with van der Waals surface area (Å²) < 4.78 is 12.1. The summed E-state index contributed by atoms with van der Waals surface area (Å²) in [5.74, 6) is -0.425. The SMILES string of the molecule is COc1nc2ccc3nc(NC(=O)c4ncco4)sc3c2s1. The van der Waals surface area contributed by atoms with Crippen molar-refractivity contribution < 1.29 is 13.9 Å². The van der Waals surface area contributed by atoms with Gasteiger partial charge in [-0.25, -0.2) is 15.0 Å². The zero-order valence-electron chi connectivity index (χ0n) is 11.2. The van der Waals surface area contributed by atoms with Crippen LogP contribution in [0.2, 0.25) is 0 Å². The van der Waals surface area contributed by atoms with Crippen LogP contribution in [-0.2, 0) is 0 Å². The molecule has 4 rings (SSSR count). The van der Waals surface area contributed by atoms with Crippen LogP contribution in [0.5, 0.6) is 5.19 Å². The Morgan fingerprint density at radius 2 is 2.00 bits per heavy atom. The van der Waals surface area contributed by atoms with Crippen molar-refractivity contribution in [2.24, 2.45) is 0 Å². The minimum atomic E-state index is -0.429. The molecular formula is C13H8N4O3S2. The highest BCUT2D eigenvalue weighted by atomic mass is 32.1. The quantitative estimate of drug-likeness (QED) is 0.620. The van der Waals surface area contributed by atoms with E-state index in [1.807, 2.05) is 12.1 Å². The van der Waals surface area contributed by atoms with Gasteiger partial charge in [0.25, 0.3) is 11.1 Å². The topological polar surface area (TPSA) is 90.1 Å². The van der Waals surface area contributed by atoms with Gasteiger partial charge in [-0.15, -0.1) is 0 Å². The number of methoxy groups -OCH3 is 1. The van der Waals surface area contributed by atoms with E-state index >= 15 is 0 Å². The molecule has 0 bridgehead atoms. The van der Waals surface area contributed by atoms with Crippen LogP contribution in [-0.4, -0.2) is 28.0 Å². The number of fused-ring (bicyclic) bond motifs is 3. The van der Waals surface area contributed by atoms with Gasteiger partial charge in [-0.1, -0.05) is 22.7 Å². The summed E-state index contributed by atoms with van der Waals surface area (Å²) in [6.07, 6.45) is 2.76. The molecule has 0 unspecified atom stereocenters. The lowest BCUT2D eigenvalue weighted by Crippen LogP contribution is -2.11. The maximum absolute atomic E-state index is 11.9. The van der Waals surface area contributed by atoms with Gasteiger partial charge in [0.15, 0.2) is 5.13 Å². The van der Waals surface area contributed by atoms with E-state index in [-0.39, 0.29) is 5.89 Å². The van der Waals surface area contributed by atoms with Crippen LogP contribution in [0.25, 0.3) is 20.4 Å². The Hall–Kier alpha value is -2.52. The zero-order chi connectivity index (χ0) is 15.1. The summed E-state index contributed by atoms with van der Waals surface area (Å²) in [4.78, 5) is 24.5. The molecule has 3 aromatic heterocycles. The van der Waals surface area contributed by atoms with Crippen LogP contribution >= 0.6 is 22.7 Å². The summed E-state index contributed by atoms with van der Waals surface area (Å²) in [5, 5.41) is 3.77. The predicted octanol–water partition coefficient (Wildman–Crippen LogP) is 3.15. The third kappa shape index (κ3) is 2.11. The fraction of sp³-hybridized carbons (Fsp3) is 0.0769. The molecule has 4 aromatic rings. The number of oxazole rings is 1. The first-order valence-electron chi connectivity index (χ1n) is 6.19. The fourth-order valence-corrected chi connectivity index (χ4v) is 3.94. The standard InChI is InChI=1S/C13H8N4O3S2/c1-19-13-16-7-3-2-6-8(9(7)22-13)21-12(15-6)17-10(18)11-14-4-5-20-11/h2-5H,1H3,(H,15,17,18). The molecule has 9 heteroatoms. The number of ether oxygens (including phenoxy) is 1. The van der Waals surface area contributed by atoms with Gasteiger partial charge in [0, 0.05) is 0 Å².